The van der Waals surface area contributed by atoms with E-state index in [4.69, 9.17) is 11.6 Å². The minimum Gasteiger partial charge on any atom is -0.506 e. The van der Waals surface area contributed by atoms with Gasteiger partial charge < -0.3 is 10.0 Å². The van der Waals surface area contributed by atoms with Gasteiger partial charge >= 0.3 is 0 Å². The summed E-state index contributed by atoms with van der Waals surface area (Å²) in [6.45, 7) is 2.59. The van der Waals surface area contributed by atoms with E-state index in [-0.39, 0.29) is 5.76 Å². The number of pyridine rings is 1. The molecule has 2 heterocycles. The number of allylic oxidation sites excluding steroid dienone is 1. The van der Waals surface area contributed by atoms with Crippen LogP contribution in [-0.2, 0) is 0 Å². The fourth-order valence-corrected chi connectivity index (χ4v) is 2.70. The van der Waals surface area contributed by atoms with Gasteiger partial charge in [-0.2, -0.15) is 0 Å². The number of anilines is 1. The predicted octanol–water partition coefficient (Wildman–Crippen LogP) is 4.35. The van der Waals surface area contributed by atoms with Crippen molar-refractivity contribution >= 4 is 23.0 Å². The summed E-state index contributed by atoms with van der Waals surface area (Å²) in [5.41, 5.74) is 3.45. The predicted molar refractivity (Wildman–Crippen MR) is 86.5 cm³/mol. The van der Waals surface area contributed by atoms with Crippen molar-refractivity contribution in [1.82, 2.24) is 4.98 Å². The zero-order chi connectivity index (χ0) is 14.8. The van der Waals surface area contributed by atoms with Crippen LogP contribution >= 0.6 is 11.6 Å². The molecular weight excluding hydrogens is 284 g/mol. The number of hydrogen-bond donors (Lipinski definition) is 1. The van der Waals surface area contributed by atoms with Gasteiger partial charge in [-0.15, -0.1) is 0 Å². The molecule has 0 aliphatic carbocycles. The lowest BCUT2D eigenvalue weighted by Gasteiger charge is -2.30. The van der Waals surface area contributed by atoms with E-state index < -0.39 is 0 Å². The maximum atomic E-state index is 10.3. The number of aryl methyl sites for hydroxylation is 1. The summed E-state index contributed by atoms with van der Waals surface area (Å²) in [6.07, 6.45) is 5.38. The molecule has 0 fully saturated rings. The highest BCUT2D eigenvalue weighted by Gasteiger charge is 2.21. The highest BCUT2D eigenvalue weighted by molar-refractivity contribution is 6.33. The maximum absolute atomic E-state index is 10.3. The molecule has 0 bridgehead atoms. The van der Waals surface area contributed by atoms with Crippen molar-refractivity contribution in [1.29, 1.82) is 0 Å². The summed E-state index contributed by atoms with van der Waals surface area (Å²) >= 11 is 6.31. The van der Waals surface area contributed by atoms with Crippen LogP contribution in [0, 0.1) is 6.92 Å². The van der Waals surface area contributed by atoms with Crippen LogP contribution in [-0.4, -0.2) is 16.6 Å². The van der Waals surface area contributed by atoms with Crippen molar-refractivity contribution in [2.24, 2.45) is 0 Å². The molecule has 1 aromatic carbocycles. The number of para-hydroxylation sites is 1. The Hall–Kier alpha value is -2.26. The third-order valence-electron chi connectivity index (χ3n) is 3.39. The van der Waals surface area contributed by atoms with Crippen molar-refractivity contribution in [2.45, 2.75) is 6.92 Å². The molecule has 0 radical (unpaired) electrons. The first kappa shape index (κ1) is 13.7. The van der Waals surface area contributed by atoms with Crippen molar-refractivity contribution in [3.05, 3.63) is 76.8 Å². The first-order valence-corrected chi connectivity index (χ1v) is 7.09. The number of aliphatic hydroxyl groups is 1. The lowest BCUT2D eigenvalue weighted by Crippen LogP contribution is -2.25. The fourth-order valence-electron chi connectivity index (χ4n) is 2.46. The number of aliphatic hydroxyl groups excluding tert-OH is 1. The highest BCUT2D eigenvalue weighted by Crippen LogP contribution is 2.35. The Morgan fingerprint density at radius 2 is 2.05 bits per heavy atom. The van der Waals surface area contributed by atoms with Crippen LogP contribution in [0.2, 0.25) is 5.02 Å². The minimum absolute atomic E-state index is 0.228. The molecule has 0 saturated heterocycles. The molecule has 3 rings (SSSR count). The van der Waals surface area contributed by atoms with E-state index in [1.54, 1.807) is 12.3 Å². The van der Waals surface area contributed by atoms with E-state index in [1.807, 2.05) is 54.3 Å². The summed E-state index contributed by atoms with van der Waals surface area (Å²) in [6, 6.07) is 11.5. The van der Waals surface area contributed by atoms with E-state index in [0.717, 1.165) is 22.6 Å². The molecule has 0 atom stereocenters. The summed E-state index contributed by atoms with van der Waals surface area (Å²) in [5, 5.41) is 11.0. The average Bonchev–Trinajstić information content (AvgIpc) is 2.47. The van der Waals surface area contributed by atoms with Gasteiger partial charge in [0, 0.05) is 24.0 Å². The molecule has 3 nitrogen and oxygen atoms in total. The van der Waals surface area contributed by atoms with Crippen molar-refractivity contribution < 1.29 is 5.11 Å². The second-order valence-corrected chi connectivity index (χ2v) is 5.29. The van der Waals surface area contributed by atoms with Crippen LogP contribution in [0.15, 0.2) is 60.5 Å². The lowest BCUT2D eigenvalue weighted by atomic mass is 10.1. The smallest absolute Gasteiger partial charge is 0.139 e. The summed E-state index contributed by atoms with van der Waals surface area (Å²) in [7, 11) is 0. The Kier molecular flexibility index (Phi) is 3.67. The van der Waals surface area contributed by atoms with Gasteiger partial charge in [-0.25, -0.2) is 0 Å². The maximum Gasteiger partial charge on any atom is 0.139 e. The SMILES string of the molecule is Cc1cc(C2=C(O)C=CCN2c2ccccc2Cl)ccn1. The number of nitrogens with zero attached hydrogens (tertiary/aromatic N) is 2. The Bertz CT molecular complexity index is 737. The second kappa shape index (κ2) is 5.62. The number of rotatable bonds is 2. The molecule has 2 aromatic rings. The average molecular weight is 299 g/mol. The van der Waals surface area contributed by atoms with Crippen LogP contribution in [0.1, 0.15) is 11.3 Å². The lowest BCUT2D eigenvalue weighted by molar-refractivity contribution is 0.431. The van der Waals surface area contributed by atoms with Gasteiger partial charge in [-0.1, -0.05) is 29.8 Å². The van der Waals surface area contributed by atoms with E-state index in [0.29, 0.717) is 11.6 Å². The number of benzene rings is 1. The standard InChI is InChI=1S/C17H15ClN2O/c1-12-11-13(8-9-19-12)17-16(21)7-4-10-20(17)15-6-3-2-5-14(15)18/h2-9,11,21H,10H2,1H3. The Morgan fingerprint density at radius 1 is 1.24 bits per heavy atom. The topological polar surface area (TPSA) is 36.4 Å². The molecule has 21 heavy (non-hydrogen) atoms. The van der Waals surface area contributed by atoms with Crippen molar-refractivity contribution in [3.8, 4) is 0 Å². The van der Waals surface area contributed by atoms with Gasteiger partial charge in [0.15, 0.2) is 0 Å². The van der Waals surface area contributed by atoms with Crippen LogP contribution in [0.25, 0.3) is 5.70 Å². The van der Waals surface area contributed by atoms with Gasteiger partial charge in [-0.3, -0.25) is 4.98 Å². The Balaban J connectivity index is 2.14. The highest BCUT2D eigenvalue weighted by atomic mass is 35.5. The molecule has 1 N–H and O–H groups in total. The van der Waals surface area contributed by atoms with Gasteiger partial charge in [0.1, 0.15) is 5.76 Å². The summed E-state index contributed by atoms with van der Waals surface area (Å²) < 4.78 is 0. The van der Waals surface area contributed by atoms with Crippen molar-refractivity contribution in [2.75, 3.05) is 11.4 Å². The fraction of sp³-hybridized carbons (Fsp3) is 0.118. The van der Waals surface area contributed by atoms with Gasteiger partial charge in [0.05, 0.1) is 16.4 Å². The third-order valence-corrected chi connectivity index (χ3v) is 3.71. The van der Waals surface area contributed by atoms with Crippen molar-refractivity contribution in [3.63, 3.8) is 0 Å². The van der Waals surface area contributed by atoms with Crippen LogP contribution in [0.5, 0.6) is 0 Å². The minimum atomic E-state index is 0.228. The van der Waals surface area contributed by atoms with Gasteiger partial charge in [-0.05, 0) is 37.3 Å². The van der Waals surface area contributed by atoms with Gasteiger partial charge in [0.2, 0.25) is 0 Å². The number of hydrogen-bond acceptors (Lipinski definition) is 3. The molecule has 1 aromatic heterocycles. The first-order valence-electron chi connectivity index (χ1n) is 6.71. The third kappa shape index (κ3) is 2.65. The molecule has 0 saturated carbocycles. The van der Waals surface area contributed by atoms with Crippen LogP contribution in [0.4, 0.5) is 5.69 Å². The quantitative estimate of drug-likeness (QED) is 0.895. The van der Waals surface area contributed by atoms with Gasteiger partial charge in [0.25, 0.3) is 0 Å². The zero-order valence-electron chi connectivity index (χ0n) is 11.6. The first-order chi connectivity index (χ1) is 10.2. The zero-order valence-corrected chi connectivity index (χ0v) is 12.4. The molecular formula is C17H15ClN2O. The largest absolute Gasteiger partial charge is 0.506 e. The molecule has 106 valence electrons. The molecule has 0 unspecified atom stereocenters. The van der Waals surface area contributed by atoms with Crippen LogP contribution in [0.3, 0.4) is 0 Å². The molecule has 4 heteroatoms. The Labute approximate surface area is 128 Å². The Morgan fingerprint density at radius 3 is 2.81 bits per heavy atom. The molecule has 1 aliphatic heterocycles. The molecule has 1 aliphatic rings. The second-order valence-electron chi connectivity index (χ2n) is 4.88. The normalized spacial score (nSPS) is 14.7. The monoisotopic (exact) mass is 298 g/mol. The van der Waals surface area contributed by atoms with Crippen LogP contribution < -0.4 is 4.90 Å². The molecule has 0 amide bonds. The van der Waals surface area contributed by atoms with E-state index >= 15 is 0 Å². The summed E-state index contributed by atoms with van der Waals surface area (Å²) in [5.74, 6) is 0.228. The van der Waals surface area contributed by atoms with E-state index in [9.17, 15) is 5.11 Å². The molecule has 0 spiro atoms. The number of halogens is 1. The number of aromatic nitrogens is 1. The van der Waals surface area contributed by atoms with E-state index in [2.05, 4.69) is 4.98 Å². The summed E-state index contributed by atoms with van der Waals surface area (Å²) in [4.78, 5) is 6.21. The van der Waals surface area contributed by atoms with E-state index in [1.165, 1.54) is 0 Å².